The van der Waals surface area contributed by atoms with Crippen molar-refractivity contribution in [1.82, 2.24) is 9.80 Å². The van der Waals surface area contributed by atoms with Gasteiger partial charge in [0.15, 0.2) is 0 Å². The van der Waals surface area contributed by atoms with Crippen molar-refractivity contribution in [1.29, 1.82) is 0 Å². The van der Waals surface area contributed by atoms with Gasteiger partial charge in [0.2, 0.25) is 23.6 Å². The highest BCUT2D eigenvalue weighted by Gasteiger charge is 2.68. The van der Waals surface area contributed by atoms with Gasteiger partial charge in [0.25, 0.3) is 0 Å². The van der Waals surface area contributed by atoms with Crippen LogP contribution >= 0.6 is 63.7 Å². The van der Waals surface area contributed by atoms with Crippen LogP contribution in [0.3, 0.4) is 0 Å². The third-order valence-electron chi connectivity index (χ3n) is 8.70. The predicted molar refractivity (Wildman–Crippen MR) is 121 cm³/mol. The van der Waals surface area contributed by atoms with Gasteiger partial charge < -0.3 is 0 Å². The van der Waals surface area contributed by atoms with Crippen molar-refractivity contribution in [2.75, 3.05) is 13.1 Å². The number of rotatable bonds is 3. The Morgan fingerprint density at radius 2 is 0.767 bits per heavy atom. The van der Waals surface area contributed by atoms with Crippen molar-refractivity contribution in [2.45, 2.75) is 32.2 Å². The molecule has 162 valence electrons. The molecule has 0 N–H and O–H groups in total. The Bertz CT molecular complexity index is 751. The number of amides is 4. The Labute approximate surface area is 207 Å². The lowest BCUT2D eigenvalue weighted by Crippen LogP contribution is -2.42. The van der Waals surface area contributed by atoms with Crippen molar-refractivity contribution in [3.05, 3.63) is 0 Å². The minimum Gasteiger partial charge on any atom is -0.280 e. The summed E-state index contributed by atoms with van der Waals surface area (Å²) >= 11 is 14.8. The van der Waals surface area contributed by atoms with E-state index in [1.54, 1.807) is 0 Å². The SMILES string of the molecule is O=C1C2C3CC(C(Br)C3Br)C2C(=O)N1CCN1C(=O)C2C3CC(C(Br)C3Br)C2C1=O. The molecule has 4 saturated carbocycles. The van der Waals surface area contributed by atoms with Crippen LogP contribution in [0.2, 0.25) is 0 Å². The summed E-state index contributed by atoms with van der Waals surface area (Å²) in [5, 5.41) is 0. The number of hydrogen-bond acceptors (Lipinski definition) is 4. The Morgan fingerprint density at radius 1 is 0.533 bits per heavy atom. The molecular weight excluding hydrogens is 652 g/mol. The highest BCUT2D eigenvalue weighted by molar-refractivity contribution is 9.12. The third kappa shape index (κ3) is 2.40. The van der Waals surface area contributed by atoms with Crippen molar-refractivity contribution < 1.29 is 19.2 Å². The average molecular weight is 672 g/mol. The van der Waals surface area contributed by atoms with Crippen molar-refractivity contribution in [2.24, 2.45) is 47.3 Å². The standard InChI is InChI=1S/C20H20Br4N2O4/c21-13-5-3-6(14(13)22)10-9(5)17(27)25(18(10)28)1-2-26-19(29)11-7-4-8(12(11)20(26)30)16(24)15(7)23/h5-16H,1-4H2. The monoisotopic (exact) mass is 668 g/mol. The normalized spacial score (nSPS) is 53.5. The molecule has 0 radical (unpaired) electrons. The second-order valence-electron chi connectivity index (χ2n) is 9.66. The number of halogens is 4. The van der Waals surface area contributed by atoms with Gasteiger partial charge in [-0.2, -0.15) is 0 Å². The molecule has 0 aromatic rings. The summed E-state index contributed by atoms with van der Waals surface area (Å²) in [6, 6.07) is 0. The first-order valence-corrected chi connectivity index (χ1v) is 14.2. The van der Waals surface area contributed by atoms with E-state index in [0.29, 0.717) is 0 Å². The average Bonchev–Trinajstić information content (AvgIpc) is 3.50. The van der Waals surface area contributed by atoms with Crippen LogP contribution in [0.25, 0.3) is 0 Å². The number of carbonyl (C=O) groups excluding carboxylic acids is 4. The van der Waals surface area contributed by atoms with Crippen LogP contribution in [0.1, 0.15) is 12.8 Å². The number of fused-ring (bicyclic) bond motifs is 10. The maximum Gasteiger partial charge on any atom is 0.233 e. The van der Waals surface area contributed by atoms with Crippen LogP contribution in [0.4, 0.5) is 0 Å². The minimum atomic E-state index is -0.260. The molecule has 0 aromatic carbocycles. The molecule has 10 heteroatoms. The first-order valence-electron chi connectivity index (χ1n) is 10.5. The Balaban J connectivity index is 1.18. The van der Waals surface area contributed by atoms with E-state index in [-0.39, 0.29) is 103 Å². The van der Waals surface area contributed by atoms with E-state index < -0.39 is 0 Å². The lowest BCUT2D eigenvalue weighted by molar-refractivity contribution is -0.146. The maximum absolute atomic E-state index is 13.1. The zero-order valence-corrected chi connectivity index (χ0v) is 22.1. The molecule has 6 nitrogen and oxygen atoms in total. The predicted octanol–water partition coefficient (Wildman–Crippen LogP) is 2.54. The Kier molecular flexibility index (Phi) is 4.75. The van der Waals surface area contributed by atoms with Gasteiger partial charge in [0.05, 0.1) is 23.7 Å². The molecule has 0 aromatic heterocycles. The van der Waals surface area contributed by atoms with Crippen LogP contribution in [-0.2, 0) is 19.2 Å². The first kappa shape index (κ1) is 20.8. The second kappa shape index (κ2) is 6.86. The zero-order chi connectivity index (χ0) is 21.2. The van der Waals surface area contributed by atoms with Gasteiger partial charge >= 0.3 is 0 Å². The number of alkyl halides is 4. The summed E-state index contributed by atoms with van der Waals surface area (Å²) in [5.41, 5.74) is 0. The van der Waals surface area contributed by atoms with Crippen LogP contribution in [0.5, 0.6) is 0 Å². The first-order chi connectivity index (χ1) is 14.2. The van der Waals surface area contributed by atoms with Gasteiger partial charge in [0, 0.05) is 32.4 Å². The van der Waals surface area contributed by atoms with Crippen molar-refractivity contribution >= 4 is 87.3 Å². The molecule has 4 amide bonds. The maximum atomic E-state index is 13.1. The lowest BCUT2D eigenvalue weighted by atomic mass is 9.81. The van der Waals surface area contributed by atoms with E-state index in [4.69, 9.17) is 0 Å². The minimum absolute atomic E-state index is 0.117. The van der Waals surface area contributed by atoms with Gasteiger partial charge in [-0.3, -0.25) is 29.0 Å². The van der Waals surface area contributed by atoms with E-state index >= 15 is 0 Å². The molecular formula is C20H20Br4N2O4. The summed E-state index contributed by atoms with van der Waals surface area (Å²) in [5.74, 6) is -0.857. The van der Waals surface area contributed by atoms with Crippen LogP contribution in [-0.4, -0.2) is 65.8 Å². The summed E-state index contributed by atoms with van der Waals surface area (Å²) in [7, 11) is 0. The van der Waals surface area contributed by atoms with E-state index in [9.17, 15) is 19.2 Å². The number of imide groups is 2. The van der Waals surface area contributed by atoms with Gasteiger partial charge in [-0.15, -0.1) is 0 Å². The van der Waals surface area contributed by atoms with E-state index in [2.05, 4.69) is 63.7 Å². The summed E-state index contributed by atoms with van der Waals surface area (Å²) in [6.45, 7) is 0.234. The molecule has 0 spiro atoms. The summed E-state index contributed by atoms with van der Waals surface area (Å²) in [6.07, 6.45) is 1.78. The molecule has 6 aliphatic rings. The number of nitrogens with zero attached hydrogens (tertiary/aromatic N) is 2. The van der Waals surface area contributed by atoms with Gasteiger partial charge in [-0.25, -0.2) is 0 Å². The van der Waals surface area contributed by atoms with Crippen LogP contribution < -0.4 is 0 Å². The molecule has 2 heterocycles. The van der Waals surface area contributed by atoms with E-state index in [0.717, 1.165) is 12.8 Å². The second-order valence-corrected chi connectivity index (χ2v) is 13.9. The molecule has 12 unspecified atom stereocenters. The lowest BCUT2D eigenvalue weighted by Gasteiger charge is -2.28. The number of likely N-dealkylation sites (tertiary alicyclic amines) is 2. The molecule has 30 heavy (non-hydrogen) atoms. The highest BCUT2D eigenvalue weighted by Crippen LogP contribution is 2.61. The summed E-state index contributed by atoms with van der Waals surface area (Å²) < 4.78 is 0. The smallest absolute Gasteiger partial charge is 0.233 e. The fraction of sp³-hybridized carbons (Fsp3) is 0.800. The molecule has 12 atom stereocenters. The van der Waals surface area contributed by atoms with Crippen LogP contribution in [0.15, 0.2) is 0 Å². The van der Waals surface area contributed by atoms with Crippen LogP contribution in [0, 0.1) is 47.3 Å². The fourth-order valence-corrected chi connectivity index (χ4v) is 11.2. The van der Waals surface area contributed by atoms with Gasteiger partial charge in [-0.05, 0) is 36.5 Å². The molecule has 4 bridgehead atoms. The van der Waals surface area contributed by atoms with E-state index in [1.165, 1.54) is 9.80 Å². The largest absolute Gasteiger partial charge is 0.280 e. The fourth-order valence-electron chi connectivity index (χ4n) is 7.46. The molecule has 6 rings (SSSR count). The van der Waals surface area contributed by atoms with E-state index in [1.807, 2.05) is 0 Å². The molecule has 2 saturated heterocycles. The number of hydrogen-bond donors (Lipinski definition) is 0. The Hall–Kier alpha value is 0.200. The number of carbonyl (C=O) groups is 4. The topological polar surface area (TPSA) is 74.8 Å². The van der Waals surface area contributed by atoms with Crippen molar-refractivity contribution in [3.8, 4) is 0 Å². The quantitative estimate of drug-likeness (QED) is 0.342. The molecule has 4 aliphatic carbocycles. The summed E-state index contributed by atoms with van der Waals surface area (Å²) in [4.78, 5) is 55.7. The molecule has 2 aliphatic heterocycles. The molecule has 6 fully saturated rings. The third-order valence-corrected chi connectivity index (χ3v) is 15.1. The zero-order valence-electron chi connectivity index (χ0n) is 15.8. The van der Waals surface area contributed by atoms with Gasteiger partial charge in [-0.1, -0.05) is 63.7 Å². The van der Waals surface area contributed by atoms with Crippen molar-refractivity contribution in [3.63, 3.8) is 0 Å². The highest BCUT2D eigenvalue weighted by atomic mass is 79.9. The van der Waals surface area contributed by atoms with Gasteiger partial charge in [0.1, 0.15) is 0 Å². The Morgan fingerprint density at radius 3 is 1.00 bits per heavy atom.